The maximum atomic E-state index is 8.87. The van der Waals surface area contributed by atoms with E-state index < -0.39 is 0 Å². The lowest BCUT2D eigenvalue weighted by Crippen LogP contribution is -1.88. The summed E-state index contributed by atoms with van der Waals surface area (Å²) in [6, 6.07) is 0. The minimum atomic E-state index is 0.156. The molecule has 0 unspecified atom stereocenters. The van der Waals surface area contributed by atoms with Crippen molar-refractivity contribution in [3.8, 4) is 10.7 Å². The Balaban J connectivity index is 2.34. The predicted octanol–water partition coefficient (Wildman–Crippen LogP) is 1.44. The Bertz CT molecular complexity index is 441. The van der Waals surface area contributed by atoms with E-state index in [0.717, 1.165) is 21.3 Å². The fourth-order valence-corrected chi connectivity index (χ4v) is 2.29. The van der Waals surface area contributed by atoms with Crippen LogP contribution in [0.3, 0.4) is 0 Å². The van der Waals surface area contributed by atoms with Crippen molar-refractivity contribution in [1.82, 2.24) is 15.0 Å². The summed E-state index contributed by atoms with van der Waals surface area (Å²) < 4.78 is 0. The van der Waals surface area contributed by atoms with E-state index in [2.05, 4.69) is 15.0 Å². The molecule has 5 heteroatoms. The fraction of sp³-hybridized carbons (Fsp3) is 0.300. The summed E-state index contributed by atoms with van der Waals surface area (Å²) >= 11 is 1.56. The van der Waals surface area contributed by atoms with Crippen molar-refractivity contribution in [3.63, 3.8) is 0 Å². The van der Waals surface area contributed by atoms with Crippen LogP contribution in [0.2, 0.25) is 0 Å². The Kier molecular flexibility index (Phi) is 3.03. The average molecular weight is 221 g/mol. The first-order valence-electron chi connectivity index (χ1n) is 4.65. The molecule has 2 aromatic rings. The second-order valence-electron chi connectivity index (χ2n) is 3.09. The van der Waals surface area contributed by atoms with E-state index in [0.29, 0.717) is 6.42 Å². The first kappa shape index (κ1) is 10.2. The van der Waals surface area contributed by atoms with Gasteiger partial charge in [0.1, 0.15) is 10.7 Å². The van der Waals surface area contributed by atoms with Crippen molar-refractivity contribution in [1.29, 1.82) is 0 Å². The lowest BCUT2D eigenvalue weighted by atomic mass is 10.3. The molecule has 0 aliphatic rings. The number of nitrogens with zero attached hydrogens (tertiary/aromatic N) is 3. The zero-order valence-electron chi connectivity index (χ0n) is 8.34. The third kappa shape index (κ3) is 2.19. The number of rotatable bonds is 3. The minimum absolute atomic E-state index is 0.156. The number of aryl methyl sites for hydroxylation is 1. The second-order valence-corrected chi connectivity index (χ2v) is 4.18. The number of aliphatic hydroxyl groups excluding tert-OH is 1. The zero-order chi connectivity index (χ0) is 10.7. The van der Waals surface area contributed by atoms with Crippen LogP contribution >= 0.6 is 11.3 Å². The van der Waals surface area contributed by atoms with E-state index in [9.17, 15) is 0 Å². The molecular formula is C10H11N3OS. The lowest BCUT2D eigenvalue weighted by molar-refractivity contribution is 0.300. The van der Waals surface area contributed by atoms with Gasteiger partial charge in [-0.2, -0.15) is 0 Å². The highest BCUT2D eigenvalue weighted by Crippen LogP contribution is 2.25. The van der Waals surface area contributed by atoms with Crippen molar-refractivity contribution in [3.05, 3.63) is 29.2 Å². The van der Waals surface area contributed by atoms with Crippen molar-refractivity contribution >= 4 is 11.3 Å². The smallest absolute Gasteiger partial charge is 0.143 e. The maximum absolute atomic E-state index is 8.87. The molecule has 0 atom stereocenters. The van der Waals surface area contributed by atoms with E-state index >= 15 is 0 Å². The maximum Gasteiger partial charge on any atom is 0.143 e. The number of thiazole rings is 1. The Labute approximate surface area is 91.7 Å². The summed E-state index contributed by atoms with van der Waals surface area (Å²) in [5.74, 6) is 0. The predicted molar refractivity (Wildman–Crippen MR) is 58.7 cm³/mol. The molecule has 0 aliphatic heterocycles. The highest BCUT2D eigenvalue weighted by Gasteiger charge is 2.09. The normalized spacial score (nSPS) is 10.5. The van der Waals surface area contributed by atoms with Gasteiger partial charge in [0, 0.05) is 30.3 Å². The van der Waals surface area contributed by atoms with Gasteiger partial charge in [-0.3, -0.25) is 9.97 Å². The zero-order valence-corrected chi connectivity index (χ0v) is 9.16. The first-order chi connectivity index (χ1) is 7.31. The molecule has 2 rings (SSSR count). The van der Waals surface area contributed by atoms with Gasteiger partial charge in [0.15, 0.2) is 0 Å². The summed E-state index contributed by atoms with van der Waals surface area (Å²) in [4.78, 5) is 13.7. The summed E-state index contributed by atoms with van der Waals surface area (Å²) in [7, 11) is 0. The molecule has 0 fully saturated rings. The van der Waals surface area contributed by atoms with Crippen LogP contribution in [0.5, 0.6) is 0 Å². The molecule has 15 heavy (non-hydrogen) atoms. The quantitative estimate of drug-likeness (QED) is 0.852. The van der Waals surface area contributed by atoms with Crippen LogP contribution in [-0.2, 0) is 6.42 Å². The van der Waals surface area contributed by atoms with Gasteiger partial charge in [0.2, 0.25) is 0 Å². The number of hydrogen-bond acceptors (Lipinski definition) is 5. The summed E-state index contributed by atoms with van der Waals surface area (Å²) in [6.45, 7) is 2.10. The molecule has 2 heterocycles. The topological polar surface area (TPSA) is 58.9 Å². The Morgan fingerprint density at radius 2 is 2.27 bits per heavy atom. The monoisotopic (exact) mass is 221 g/mol. The van der Waals surface area contributed by atoms with Crippen molar-refractivity contribution in [2.24, 2.45) is 0 Å². The van der Waals surface area contributed by atoms with E-state index in [-0.39, 0.29) is 6.61 Å². The van der Waals surface area contributed by atoms with Crippen molar-refractivity contribution in [2.75, 3.05) is 6.61 Å². The number of hydrogen-bond donors (Lipinski definition) is 1. The molecule has 0 aromatic carbocycles. The summed E-state index contributed by atoms with van der Waals surface area (Å²) in [5, 5.41) is 9.74. The minimum Gasteiger partial charge on any atom is -0.396 e. The SMILES string of the molecule is Cc1nc(-c2cnccn2)sc1CCO. The molecule has 1 N–H and O–H groups in total. The van der Waals surface area contributed by atoms with Gasteiger partial charge in [-0.15, -0.1) is 11.3 Å². The van der Waals surface area contributed by atoms with Crippen molar-refractivity contribution < 1.29 is 5.11 Å². The third-order valence-corrected chi connectivity index (χ3v) is 3.25. The lowest BCUT2D eigenvalue weighted by Gasteiger charge is -1.91. The van der Waals surface area contributed by atoms with Crippen LogP contribution < -0.4 is 0 Å². The summed E-state index contributed by atoms with van der Waals surface area (Å²) in [5.41, 5.74) is 1.75. The van der Waals surface area contributed by atoms with Crippen LogP contribution in [0, 0.1) is 6.92 Å². The molecule has 2 aromatic heterocycles. The summed E-state index contributed by atoms with van der Waals surface area (Å²) in [6.07, 6.45) is 5.64. The molecular weight excluding hydrogens is 210 g/mol. The number of aliphatic hydroxyl groups is 1. The molecule has 0 saturated carbocycles. The Morgan fingerprint density at radius 1 is 1.40 bits per heavy atom. The van der Waals surface area contributed by atoms with Crippen LogP contribution in [-0.4, -0.2) is 26.7 Å². The third-order valence-electron chi connectivity index (χ3n) is 2.01. The van der Waals surface area contributed by atoms with Gasteiger partial charge in [-0.1, -0.05) is 0 Å². The van der Waals surface area contributed by atoms with Gasteiger partial charge >= 0.3 is 0 Å². The highest BCUT2D eigenvalue weighted by molar-refractivity contribution is 7.15. The Hall–Kier alpha value is -1.33. The van der Waals surface area contributed by atoms with E-state index in [1.807, 2.05) is 6.92 Å². The van der Waals surface area contributed by atoms with Gasteiger partial charge in [0.05, 0.1) is 11.9 Å². The van der Waals surface area contributed by atoms with E-state index in [4.69, 9.17) is 5.11 Å². The largest absolute Gasteiger partial charge is 0.396 e. The van der Waals surface area contributed by atoms with Gasteiger partial charge in [-0.25, -0.2) is 4.98 Å². The second kappa shape index (κ2) is 4.46. The van der Waals surface area contributed by atoms with Crippen LogP contribution in [0.1, 0.15) is 10.6 Å². The van der Waals surface area contributed by atoms with Gasteiger partial charge in [-0.05, 0) is 6.92 Å². The van der Waals surface area contributed by atoms with E-state index in [1.165, 1.54) is 0 Å². The molecule has 0 aliphatic carbocycles. The first-order valence-corrected chi connectivity index (χ1v) is 5.46. The molecule has 0 radical (unpaired) electrons. The highest BCUT2D eigenvalue weighted by atomic mass is 32.1. The van der Waals surface area contributed by atoms with E-state index in [1.54, 1.807) is 29.9 Å². The van der Waals surface area contributed by atoms with Crippen LogP contribution in [0.25, 0.3) is 10.7 Å². The van der Waals surface area contributed by atoms with Crippen molar-refractivity contribution in [2.45, 2.75) is 13.3 Å². The van der Waals surface area contributed by atoms with Crippen LogP contribution in [0.4, 0.5) is 0 Å². The molecule has 0 spiro atoms. The molecule has 4 nitrogen and oxygen atoms in total. The fourth-order valence-electron chi connectivity index (χ4n) is 1.28. The average Bonchev–Trinajstić information content (AvgIpc) is 2.63. The molecule has 0 saturated heterocycles. The molecule has 78 valence electrons. The Morgan fingerprint density at radius 3 is 2.93 bits per heavy atom. The van der Waals surface area contributed by atoms with Gasteiger partial charge in [0.25, 0.3) is 0 Å². The molecule has 0 bridgehead atoms. The molecule has 0 amide bonds. The standard InChI is InChI=1S/C10H11N3OS/c1-7-9(2-5-14)15-10(13-7)8-6-11-3-4-12-8/h3-4,6,14H,2,5H2,1H3. The van der Waals surface area contributed by atoms with Gasteiger partial charge < -0.3 is 5.11 Å². The number of aromatic nitrogens is 3. The van der Waals surface area contributed by atoms with Crippen LogP contribution in [0.15, 0.2) is 18.6 Å².